The van der Waals surface area contributed by atoms with Crippen LogP contribution >= 0.6 is 0 Å². The largest absolute Gasteiger partial charge is 0.343 e. The number of nitrogens with zero attached hydrogens (tertiary/aromatic N) is 4. The first kappa shape index (κ1) is 9.85. The molecule has 0 bridgehead atoms. The van der Waals surface area contributed by atoms with Gasteiger partial charge in [-0.25, -0.2) is 0 Å². The van der Waals surface area contributed by atoms with Crippen LogP contribution in [0.1, 0.15) is 17.1 Å². The summed E-state index contributed by atoms with van der Waals surface area (Å²) in [4.78, 5) is 3.91. The van der Waals surface area contributed by atoms with E-state index in [1.54, 1.807) is 0 Å². The first-order valence-corrected chi connectivity index (χ1v) is 4.71. The van der Waals surface area contributed by atoms with Crippen LogP contribution in [-0.2, 0) is 20.1 Å². The Kier molecular flexibility index (Phi) is 2.77. The Morgan fingerprint density at radius 2 is 2.33 bits per heavy atom. The SMILES string of the molecule is Cc1c(CNCc2ncon2)cnn1C. The molecule has 6 heteroatoms. The third kappa shape index (κ3) is 2.21. The molecule has 0 saturated heterocycles. The van der Waals surface area contributed by atoms with Gasteiger partial charge in [0, 0.05) is 24.8 Å². The van der Waals surface area contributed by atoms with Gasteiger partial charge in [0.05, 0.1) is 12.7 Å². The molecule has 0 aromatic carbocycles. The first-order valence-electron chi connectivity index (χ1n) is 4.71. The van der Waals surface area contributed by atoms with Gasteiger partial charge in [0.25, 0.3) is 0 Å². The van der Waals surface area contributed by atoms with Gasteiger partial charge in [0.15, 0.2) is 5.82 Å². The summed E-state index contributed by atoms with van der Waals surface area (Å²) in [6, 6.07) is 0. The molecule has 2 heterocycles. The van der Waals surface area contributed by atoms with Crippen LogP contribution in [0.25, 0.3) is 0 Å². The molecule has 0 aliphatic rings. The summed E-state index contributed by atoms with van der Waals surface area (Å²) in [6.45, 7) is 3.40. The standard InChI is InChI=1S/C9H13N5O/c1-7-8(4-12-14(7)2)3-10-5-9-11-6-15-13-9/h4,6,10H,3,5H2,1-2H3. The third-order valence-corrected chi connectivity index (χ3v) is 2.34. The molecule has 0 fully saturated rings. The van der Waals surface area contributed by atoms with Crippen LogP contribution in [0.5, 0.6) is 0 Å². The van der Waals surface area contributed by atoms with E-state index in [4.69, 9.17) is 0 Å². The van der Waals surface area contributed by atoms with E-state index >= 15 is 0 Å². The van der Waals surface area contributed by atoms with E-state index in [1.165, 1.54) is 12.0 Å². The smallest absolute Gasteiger partial charge is 0.213 e. The molecular formula is C9H13N5O. The maximum absolute atomic E-state index is 4.63. The molecule has 1 N–H and O–H groups in total. The van der Waals surface area contributed by atoms with Crippen molar-refractivity contribution in [1.29, 1.82) is 0 Å². The van der Waals surface area contributed by atoms with Gasteiger partial charge in [-0.1, -0.05) is 5.16 Å². The minimum absolute atomic E-state index is 0.602. The summed E-state index contributed by atoms with van der Waals surface area (Å²) >= 11 is 0. The third-order valence-electron chi connectivity index (χ3n) is 2.34. The summed E-state index contributed by atoms with van der Waals surface area (Å²) in [6.07, 6.45) is 3.19. The van der Waals surface area contributed by atoms with Gasteiger partial charge in [-0.3, -0.25) is 4.68 Å². The molecule has 0 saturated carbocycles. The molecule has 0 unspecified atom stereocenters. The molecule has 15 heavy (non-hydrogen) atoms. The van der Waals surface area contributed by atoms with Crippen molar-refractivity contribution >= 4 is 0 Å². The zero-order valence-corrected chi connectivity index (χ0v) is 8.77. The molecule has 0 aliphatic carbocycles. The van der Waals surface area contributed by atoms with Crippen molar-refractivity contribution < 1.29 is 4.52 Å². The predicted octanol–water partition coefficient (Wildman–Crippen LogP) is 0.401. The second-order valence-corrected chi connectivity index (χ2v) is 3.33. The summed E-state index contributed by atoms with van der Waals surface area (Å²) in [5, 5.41) is 11.1. The minimum atomic E-state index is 0.602. The van der Waals surface area contributed by atoms with E-state index in [0.29, 0.717) is 12.4 Å². The van der Waals surface area contributed by atoms with E-state index in [0.717, 1.165) is 12.2 Å². The van der Waals surface area contributed by atoms with Crippen LogP contribution in [0.4, 0.5) is 0 Å². The van der Waals surface area contributed by atoms with E-state index in [-0.39, 0.29) is 0 Å². The molecule has 0 radical (unpaired) electrons. The lowest BCUT2D eigenvalue weighted by Crippen LogP contribution is -2.14. The van der Waals surface area contributed by atoms with Gasteiger partial charge in [0.1, 0.15) is 0 Å². The molecule has 2 aromatic heterocycles. The summed E-state index contributed by atoms with van der Waals surface area (Å²) in [5.74, 6) is 0.663. The van der Waals surface area contributed by atoms with Gasteiger partial charge in [-0.05, 0) is 6.92 Å². The highest BCUT2D eigenvalue weighted by molar-refractivity contribution is 5.15. The number of hydrogen-bond donors (Lipinski definition) is 1. The Bertz CT molecular complexity index is 420. The lowest BCUT2D eigenvalue weighted by molar-refractivity contribution is 0.407. The zero-order chi connectivity index (χ0) is 10.7. The number of aryl methyl sites for hydroxylation is 1. The second-order valence-electron chi connectivity index (χ2n) is 3.33. The van der Waals surface area contributed by atoms with Crippen LogP contribution < -0.4 is 5.32 Å². The van der Waals surface area contributed by atoms with Gasteiger partial charge in [-0.15, -0.1) is 0 Å². The second kappa shape index (κ2) is 4.22. The lowest BCUT2D eigenvalue weighted by Gasteiger charge is -2.01. The van der Waals surface area contributed by atoms with E-state index in [9.17, 15) is 0 Å². The fourth-order valence-corrected chi connectivity index (χ4v) is 1.30. The maximum atomic E-state index is 4.63. The van der Waals surface area contributed by atoms with Crippen molar-refractivity contribution in [3.05, 3.63) is 29.7 Å². The van der Waals surface area contributed by atoms with Crippen LogP contribution in [0.15, 0.2) is 17.1 Å². The van der Waals surface area contributed by atoms with Crippen molar-refractivity contribution in [2.24, 2.45) is 7.05 Å². The van der Waals surface area contributed by atoms with Crippen molar-refractivity contribution in [2.45, 2.75) is 20.0 Å². The Balaban J connectivity index is 1.86. The number of hydrogen-bond acceptors (Lipinski definition) is 5. The van der Waals surface area contributed by atoms with Crippen LogP contribution in [0, 0.1) is 6.92 Å². The van der Waals surface area contributed by atoms with Gasteiger partial charge in [-0.2, -0.15) is 10.1 Å². The molecule has 80 valence electrons. The predicted molar refractivity (Wildman–Crippen MR) is 52.8 cm³/mol. The highest BCUT2D eigenvalue weighted by Crippen LogP contribution is 2.04. The Morgan fingerprint density at radius 3 is 2.93 bits per heavy atom. The van der Waals surface area contributed by atoms with Crippen LogP contribution in [0.3, 0.4) is 0 Å². The summed E-state index contributed by atoms with van der Waals surface area (Å²) < 4.78 is 6.48. The lowest BCUT2D eigenvalue weighted by atomic mass is 10.2. The molecule has 2 aromatic rings. The number of rotatable bonds is 4. The Labute approximate surface area is 87.3 Å². The molecule has 6 nitrogen and oxygen atoms in total. The van der Waals surface area contributed by atoms with Gasteiger partial charge in [0.2, 0.25) is 6.39 Å². The number of aromatic nitrogens is 4. The van der Waals surface area contributed by atoms with E-state index < -0.39 is 0 Å². The molecule has 0 aliphatic heterocycles. The Morgan fingerprint density at radius 1 is 1.47 bits per heavy atom. The van der Waals surface area contributed by atoms with Crippen LogP contribution in [-0.4, -0.2) is 19.9 Å². The van der Waals surface area contributed by atoms with Gasteiger partial charge < -0.3 is 9.84 Å². The quantitative estimate of drug-likeness (QED) is 0.786. The van der Waals surface area contributed by atoms with E-state index in [1.807, 2.05) is 24.9 Å². The highest BCUT2D eigenvalue weighted by atomic mass is 16.5. The summed E-state index contributed by atoms with van der Waals surface area (Å²) in [5.41, 5.74) is 2.34. The first-order chi connectivity index (χ1) is 7.27. The molecular weight excluding hydrogens is 194 g/mol. The Hall–Kier alpha value is -1.69. The normalized spacial score (nSPS) is 10.8. The van der Waals surface area contributed by atoms with Crippen LogP contribution in [0.2, 0.25) is 0 Å². The van der Waals surface area contributed by atoms with E-state index in [2.05, 4.69) is 25.1 Å². The fraction of sp³-hybridized carbons (Fsp3) is 0.444. The number of nitrogens with one attached hydrogen (secondary N) is 1. The van der Waals surface area contributed by atoms with Gasteiger partial charge >= 0.3 is 0 Å². The molecule has 0 atom stereocenters. The minimum Gasteiger partial charge on any atom is -0.343 e. The topological polar surface area (TPSA) is 68.8 Å². The average molecular weight is 207 g/mol. The van der Waals surface area contributed by atoms with Crippen molar-refractivity contribution in [1.82, 2.24) is 25.2 Å². The highest BCUT2D eigenvalue weighted by Gasteiger charge is 2.03. The molecule has 2 rings (SSSR count). The summed E-state index contributed by atoms with van der Waals surface area (Å²) in [7, 11) is 1.93. The average Bonchev–Trinajstić information content (AvgIpc) is 2.83. The van der Waals surface area contributed by atoms with Crippen molar-refractivity contribution in [2.75, 3.05) is 0 Å². The molecule has 0 amide bonds. The maximum Gasteiger partial charge on any atom is 0.213 e. The fourth-order valence-electron chi connectivity index (χ4n) is 1.30. The van der Waals surface area contributed by atoms with Crippen molar-refractivity contribution in [3.8, 4) is 0 Å². The molecule has 0 spiro atoms. The van der Waals surface area contributed by atoms with Crippen molar-refractivity contribution in [3.63, 3.8) is 0 Å². The zero-order valence-electron chi connectivity index (χ0n) is 8.77. The monoisotopic (exact) mass is 207 g/mol.